The van der Waals surface area contributed by atoms with Crippen molar-refractivity contribution in [1.82, 2.24) is 4.98 Å². The van der Waals surface area contributed by atoms with E-state index in [1.54, 1.807) is 0 Å². The third-order valence-corrected chi connectivity index (χ3v) is 3.27. The van der Waals surface area contributed by atoms with Gasteiger partial charge >= 0.3 is 5.97 Å². The van der Waals surface area contributed by atoms with Gasteiger partial charge in [-0.05, 0) is 11.6 Å². The minimum absolute atomic E-state index is 0.0505. The van der Waals surface area contributed by atoms with Crippen LogP contribution >= 0.6 is 0 Å². The van der Waals surface area contributed by atoms with Gasteiger partial charge in [0.15, 0.2) is 11.9 Å². The highest BCUT2D eigenvalue weighted by Gasteiger charge is 2.25. The molecule has 4 nitrogen and oxygen atoms in total. The number of H-pyrrole nitrogens is 1. The zero-order chi connectivity index (χ0) is 14.7. The van der Waals surface area contributed by atoms with Gasteiger partial charge in [0, 0.05) is 36.4 Å². The first-order valence-electron chi connectivity index (χ1n) is 6.75. The molecule has 1 aromatic carbocycles. The first kappa shape index (κ1) is 14.3. The number of para-hydroxylation sites is 1. The van der Waals surface area contributed by atoms with Crippen LogP contribution in [0.3, 0.4) is 0 Å². The highest BCUT2D eigenvalue weighted by atomic mass is 16.5. The summed E-state index contributed by atoms with van der Waals surface area (Å²) in [5.41, 5.74) is 2.00. The van der Waals surface area contributed by atoms with Gasteiger partial charge in [0.1, 0.15) is 0 Å². The van der Waals surface area contributed by atoms with Crippen molar-refractivity contribution in [2.45, 2.75) is 33.3 Å². The molecule has 0 amide bonds. The van der Waals surface area contributed by atoms with Gasteiger partial charge in [0.05, 0.1) is 0 Å². The number of esters is 1. The zero-order valence-corrected chi connectivity index (χ0v) is 12.0. The van der Waals surface area contributed by atoms with E-state index in [9.17, 15) is 9.59 Å². The van der Waals surface area contributed by atoms with Gasteiger partial charge in [-0.2, -0.15) is 0 Å². The molecular weight excluding hydrogens is 254 g/mol. The first-order valence-corrected chi connectivity index (χ1v) is 6.75. The molecule has 20 heavy (non-hydrogen) atoms. The molecule has 1 heterocycles. The Bertz CT molecular complexity index is 627. The van der Waals surface area contributed by atoms with E-state index in [4.69, 9.17) is 4.74 Å². The third kappa shape index (κ3) is 3.07. The van der Waals surface area contributed by atoms with E-state index in [1.165, 1.54) is 6.92 Å². The number of carbonyl (C=O) groups excluding carboxylic acids is 2. The van der Waals surface area contributed by atoms with Crippen molar-refractivity contribution < 1.29 is 14.3 Å². The fourth-order valence-electron chi connectivity index (χ4n) is 2.27. The molecule has 0 aliphatic rings. The molecule has 0 fully saturated rings. The van der Waals surface area contributed by atoms with Crippen LogP contribution in [-0.4, -0.2) is 22.8 Å². The van der Waals surface area contributed by atoms with Crippen LogP contribution in [0.2, 0.25) is 0 Å². The Morgan fingerprint density at radius 3 is 2.60 bits per heavy atom. The van der Waals surface area contributed by atoms with E-state index < -0.39 is 12.1 Å². The number of benzene rings is 1. The Morgan fingerprint density at radius 2 is 1.95 bits per heavy atom. The second kappa shape index (κ2) is 5.90. The number of aromatic nitrogens is 1. The van der Waals surface area contributed by atoms with Crippen molar-refractivity contribution >= 4 is 22.7 Å². The van der Waals surface area contributed by atoms with E-state index in [2.05, 4.69) is 4.98 Å². The fraction of sp³-hybridized carbons (Fsp3) is 0.375. The number of aromatic amines is 1. The molecule has 0 saturated carbocycles. The molecule has 0 radical (unpaired) electrons. The SMILES string of the molecule is CC(=O)O[C@H](Cc1c[nH]c2ccccc12)C(=O)C(C)C. The van der Waals surface area contributed by atoms with Crippen LogP contribution in [0, 0.1) is 5.92 Å². The van der Waals surface area contributed by atoms with Crippen molar-refractivity contribution in [1.29, 1.82) is 0 Å². The number of nitrogens with one attached hydrogen (secondary N) is 1. The summed E-state index contributed by atoms with van der Waals surface area (Å²) in [5, 5.41) is 1.06. The Hall–Kier alpha value is -2.10. The quantitative estimate of drug-likeness (QED) is 0.852. The van der Waals surface area contributed by atoms with Crippen LogP contribution < -0.4 is 0 Å². The first-order chi connectivity index (χ1) is 9.49. The van der Waals surface area contributed by atoms with Gasteiger partial charge < -0.3 is 9.72 Å². The van der Waals surface area contributed by atoms with Crippen LogP contribution in [0.5, 0.6) is 0 Å². The van der Waals surface area contributed by atoms with Crippen molar-refractivity contribution in [2.75, 3.05) is 0 Å². The van der Waals surface area contributed by atoms with Crippen LogP contribution in [-0.2, 0) is 20.7 Å². The normalized spacial score (nSPS) is 12.6. The molecule has 4 heteroatoms. The smallest absolute Gasteiger partial charge is 0.303 e. The van der Waals surface area contributed by atoms with Crippen LogP contribution in [0.4, 0.5) is 0 Å². The largest absolute Gasteiger partial charge is 0.454 e. The maximum atomic E-state index is 12.2. The average molecular weight is 273 g/mol. The van der Waals surface area contributed by atoms with Crippen LogP contribution in [0.1, 0.15) is 26.3 Å². The van der Waals surface area contributed by atoms with Crippen molar-refractivity contribution in [3.63, 3.8) is 0 Å². The predicted octanol–water partition coefficient (Wildman–Crippen LogP) is 2.87. The number of fused-ring (bicyclic) bond motifs is 1. The summed E-state index contributed by atoms with van der Waals surface area (Å²) < 4.78 is 5.19. The molecule has 0 spiro atoms. The number of hydrogen-bond acceptors (Lipinski definition) is 3. The molecular formula is C16H19NO3. The topological polar surface area (TPSA) is 59.2 Å². The molecule has 0 unspecified atom stereocenters. The number of rotatable bonds is 5. The molecule has 1 aromatic heterocycles. The Morgan fingerprint density at radius 1 is 1.25 bits per heavy atom. The van der Waals surface area contributed by atoms with Crippen LogP contribution in [0.25, 0.3) is 10.9 Å². The lowest BCUT2D eigenvalue weighted by molar-refractivity contribution is -0.154. The summed E-state index contributed by atoms with van der Waals surface area (Å²) in [4.78, 5) is 26.5. The molecule has 0 aliphatic carbocycles. The van der Waals surface area contributed by atoms with E-state index in [1.807, 2.05) is 44.3 Å². The lowest BCUT2D eigenvalue weighted by Crippen LogP contribution is -2.31. The number of ketones is 1. The summed E-state index contributed by atoms with van der Waals surface area (Å²) in [5.74, 6) is -0.640. The lowest BCUT2D eigenvalue weighted by Gasteiger charge is -2.17. The van der Waals surface area contributed by atoms with Gasteiger partial charge in [-0.25, -0.2) is 0 Å². The van der Waals surface area contributed by atoms with E-state index in [0.29, 0.717) is 6.42 Å². The number of Topliss-reactive ketones (excluding diaryl/α,β-unsaturated/α-hetero) is 1. The maximum Gasteiger partial charge on any atom is 0.303 e. The summed E-state index contributed by atoms with van der Waals surface area (Å²) >= 11 is 0. The van der Waals surface area contributed by atoms with Crippen LogP contribution in [0.15, 0.2) is 30.5 Å². The molecule has 1 atom stereocenters. The predicted molar refractivity (Wildman–Crippen MR) is 77.4 cm³/mol. The highest BCUT2D eigenvalue weighted by molar-refractivity contribution is 5.89. The van der Waals surface area contributed by atoms with E-state index in [0.717, 1.165) is 16.5 Å². The number of ether oxygens (including phenoxy) is 1. The number of carbonyl (C=O) groups is 2. The van der Waals surface area contributed by atoms with Gasteiger partial charge in [0.25, 0.3) is 0 Å². The zero-order valence-electron chi connectivity index (χ0n) is 12.0. The monoisotopic (exact) mass is 273 g/mol. The highest BCUT2D eigenvalue weighted by Crippen LogP contribution is 2.21. The molecule has 106 valence electrons. The average Bonchev–Trinajstić information content (AvgIpc) is 2.80. The molecule has 0 bridgehead atoms. The Kier molecular flexibility index (Phi) is 4.23. The summed E-state index contributed by atoms with van der Waals surface area (Å²) in [6, 6.07) is 7.87. The Labute approximate surface area is 118 Å². The summed E-state index contributed by atoms with van der Waals surface area (Å²) in [6.45, 7) is 4.96. The summed E-state index contributed by atoms with van der Waals surface area (Å²) in [7, 11) is 0. The van der Waals surface area contributed by atoms with E-state index in [-0.39, 0.29) is 11.7 Å². The minimum atomic E-state index is -0.716. The molecule has 2 rings (SSSR count). The molecule has 0 aliphatic heterocycles. The lowest BCUT2D eigenvalue weighted by atomic mass is 9.97. The standard InChI is InChI=1S/C16H19NO3/c1-10(2)16(19)15(20-11(3)18)8-12-9-17-14-7-5-4-6-13(12)14/h4-7,9-10,15,17H,8H2,1-3H3/t15-/m1/s1. The molecule has 0 saturated heterocycles. The van der Waals surface area contributed by atoms with Gasteiger partial charge in [-0.3, -0.25) is 9.59 Å². The van der Waals surface area contributed by atoms with E-state index >= 15 is 0 Å². The fourth-order valence-corrected chi connectivity index (χ4v) is 2.27. The second-order valence-corrected chi connectivity index (χ2v) is 5.22. The van der Waals surface area contributed by atoms with Gasteiger partial charge in [-0.1, -0.05) is 32.0 Å². The van der Waals surface area contributed by atoms with Crippen molar-refractivity contribution in [2.24, 2.45) is 5.92 Å². The van der Waals surface area contributed by atoms with Gasteiger partial charge in [0.2, 0.25) is 0 Å². The Balaban J connectivity index is 2.27. The second-order valence-electron chi connectivity index (χ2n) is 5.22. The number of hydrogen-bond donors (Lipinski definition) is 1. The van der Waals surface area contributed by atoms with Crippen molar-refractivity contribution in [3.8, 4) is 0 Å². The van der Waals surface area contributed by atoms with Crippen molar-refractivity contribution in [3.05, 3.63) is 36.0 Å². The third-order valence-electron chi connectivity index (χ3n) is 3.27. The minimum Gasteiger partial charge on any atom is -0.454 e. The maximum absolute atomic E-state index is 12.2. The molecule has 1 N–H and O–H groups in total. The summed E-state index contributed by atoms with van der Waals surface area (Å²) in [6.07, 6.45) is 1.56. The molecule has 2 aromatic rings. The van der Waals surface area contributed by atoms with Gasteiger partial charge in [-0.15, -0.1) is 0 Å².